The van der Waals surface area contributed by atoms with Crippen LogP contribution in [0.5, 0.6) is 5.75 Å². The topological polar surface area (TPSA) is 89.8 Å². The van der Waals surface area contributed by atoms with Gasteiger partial charge in [-0.15, -0.1) is 0 Å². The van der Waals surface area contributed by atoms with Gasteiger partial charge in [0.25, 0.3) is 4.92 Å². The average molecular weight is 340 g/mol. The van der Waals surface area contributed by atoms with Crippen molar-refractivity contribution >= 4 is 21.6 Å². The molecule has 11 heteroatoms. The number of rotatable bonds is 4. The smallest absolute Gasteiger partial charge is 0.368 e. The normalized spacial score (nSPS) is 14.6. The molecule has 0 saturated heterocycles. The molecule has 2 rings (SSSR count). The first-order valence-corrected chi connectivity index (χ1v) is 7.20. The number of alkyl halides is 3. The summed E-state index contributed by atoms with van der Waals surface area (Å²) >= 11 is 0. The number of benzene rings is 1. The van der Waals surface area contributed by atoms with Crippen LogP contribution in [0.1, 0.15) is 22.3 Å². The van der Waals surface area contributed by atoms with E-state index in [1.165, 1.54) is 6.07 Å². The Morgan fingerprint density at radius 2 is 1.86 bits per heavy atom. The number of nitrogens with zero attached hydrogens (tertiary/aromatic N) is 1. The summed E-state index contributed by atoms with van der Waals surface area (Å²) in [5.74, 6) is -1.23. The Balaban J connectivity index is 2.63. The molecule has 0 fully saturated rings. The van der Waals surface area contributed by atoms with Crippen molar-refractivity contribution in [3.05, 3.63) is 28.2 Å². The lowest BCUT2D eigenvalue weighted by Crippen LogP contribution is -2.28. The van der Waals surface area contributed by atoms with Gasteiger partial charge in [0, 0.05) is 23.6 Å². The summed E-state index contributed by atoms with van der Waals surface area (Å²) in [6, 6.07) is 2.16. The molecule has 1 aromatic rings. The molecule has 120 valence electrons. The fourth-order valence-corrected chi connectivity index (χ4v) is 2.49. The highest BCUT2D eigenvalue weighted by molar-refractivity contribution is 7.88. The van der Waals surface area contributed by atoms with Gasteiger partial charge in [-0.05, 0) is 12.5 Å². The van der Waals surface area contributed by atoms with Crippen molar-refractivity contribution < 1.29 is 40.3 Å². The number of ketones is 1. The molecule has 22 heavy (non-hydrogen) atoms. The molecule has 0 radical (unpaired) electrons. The van der Waals surface area contributed by atoms with Gasteiger partial charge >= 0.3 is 21.3 Å². The predicted molar refractivity (Wildman–Crippen MR) is 65.0 cm³/mol. The van der Waals surface area contributed by atoms with Crippen LogP contribution in [0.2, 0.25) is 0 Å². The highest BCUT2D eigenvalue weighted by atomic mass is 32.2. The zero-order chi connectivity index (χ0) is 16.7. The Bertz CT molecular complexity index is 756. The van der Waals surface area contributed by atoms with E-state index in [0.29, 0.717) is 0 Å². The Hall–Kier alpha value is -2.17. The van der Waals surface area contributed by atoms with Crippen molar-refractivity contribution in [1.82, 2.24) is 0 Å². The van der Waals surface area contributed by atoms with Crippen LogP contribution in [-0.2, 0) is 21.4 Å². The van der Waals surface area contributed by atoms with Gasteiger partial charge < -0.3 is 4.18 Å². The highest BCUT2D eigenvalue weighted by Gasteiger charge is 2.50. The number of Topliss-reactive ketones (excluding diaryl/α,β-unsaturated/α-hetero) is 1. The van der Waals surface area contributed by atoms with Crippen LogP contribution >= 0.6 is 0 Å². The standard InChI is InChI=1S/C11H9F3NO6S/c1-20-15(17)8-4-2-6-7(3-5-9(6)16)10(8)21-22(18,19)11(12,13)14/h2,4H,3,5H2,1H3/q+1. The Kier molecular flexibility index (Phi) is 3.85. The van der Waals surface area contributed by atoms with Crippen molar-refractivity contribution in [1.29, 1.82) is 0 Å². The molecule has 0 unspecified atom stereocenters. The zero-order valence-corrected chi connectivity index (χ0v) is 11.8. The summed E-state index contributed by atoms with van der Waals surface area (Å²) in [5.41, 5.74) is -6.31. The second-order valence-corrected chi connectivity index (χ2v) is 5.82. The van der Waals surface area contributed by atoms with Crippen LogP contribution in [-0.4, -0.2) is 31.7 Å². The minimum Gasteiger partial charge on any atom is -0.368 e. The van der Waals surface area contributed by atoms with Crippen molar-refractivity contribution in [3.63, 3.8) is 0 Å². The van der Waals surface area contributed by atoms with Gasteiger partial charge in [0.1, 0.15) is 0 Å². The van der Waals surface area contributed by atoms with Crippen molar-refractivity contribution in [2.45, 2.75) is 18.3 Å². The monoisotopic (exact) mass is 340 g/mol. The van der Waals surface area contributed by atoms with Gasteiger partial charge in [-0.3, -0.25) is 4.79 Å². The number of fused-ring (bicyclic) bond motifs is 1. The van der Waals surface area contributed by atoms with E-state index in [1.54, 1.807) is 0 Å². The van der Waals surface area contributed by atoms with Crippen molar-refractivity contribution in [3.8, 4) is 5.75 Å². The molecule has 0 aliphatic heterocycles. The quantitative estimate of drug-likeness (QED) is 0.473. The summed E-state index contributed by atoms with van der Waals surface area (Å²) < 4.78 is 63.8. The molecule has 0 heterocycles. The third-order valence-corrected chi connectivity index (χ3v) is 3.93. The average Bonchev–Trinajstić information content (AvgIpc) is 2.79. The Morgan fingerprint density at radius 3 is 2.41 bits per heavy atom. The minimum atomic E-state index is -5.99. The molecule has 1 aliphatic carbocycles. The highest BCUT2D eigenvalue weighted by Crippen LogP contribution is 2.40. The number of carbonyl (C=O) groups excluding carboxylic acids is 1. The molecule has 0 bridgehead atoms. The summed E-state index contributed by atoms with van der Waals surface area (Å²) in [6.45, 7) is 0. The Morgan fingerprint density at radius 1 is 1.23 bits per heavy atom. The van der Waals surface area contributed by atoms with Crippen molar-refractivity contribution in [2.24, 2.45) is 0 Å². The van der Waals surface area contributed by atoms with Gasteiger partial charge in [0.05, 0.1) is 4.91 Å². The summed E-state index contributed by atoms with van der Waals surface area (Å²) in [7, 11) is -5.05. The van der Waals surface area contributed by atoms with E-state index in [1.807, 2.05) is 0 Å². The summed E-state index contributed by atoms with van der Waals surface area (Å²) in [4.78, 5) is 27.2. The molecular weight excluding hydrogens is 331 g/mol. The number of hydrogen-bond donors (Lipinski definition) is 0. The molecule has 1 aliphatic rings. The molecular formula is C11H9F3NO6S+. The van der Waals surface area contributed by atoms with Crippen LogP contribution in [0.3, 0.4) is 0 Å². The fourth-order valence-electron chi connectivity index (χ4n) is 1.99. The van der Waals surface area contributed by atoms with Gasteiger partial charge in [-0.2, -0.15) is 21.6 Å². The van der Waals surface area contributed by atoms with E-state index in [2.05, 4.69) is 9.02 Å². The number of carbonyl (C=O) groups is 1. The van der Waals surface area contributed by atoms with Gasteiger partial charge in [0.2, 0.25) is 5.75 Å². The number of halogens is 3. The van der Waals surface area contributed by atoms with Gasteiger partial charge in [-0.1, -0.05) is 0 Å². The molecule has 0 atom stereocenters. The van der Waals surface area contributed by atoms with Gasteiger partial charge in [0.15, 0.2) is 12.9 Å². The predicted octanol–water partition coefficient (Wildman–Crippen LogP) is 2.02. The molecule has 0 aromatic heterocycles. The maximum Gasteiger partial charge on any atom is 0.534 e. The Labute approximate surface area is 122 Å². The van der Waals surface area contributed by atoms with E-state index in [9.17, 15) is 31.3 Å². The first-order valence-electron chi connectivity index (χ1n) is 5.79. The zero-order valence-electron chi connectivity index (χ0n) is 11.0. The third kappa shape index (κ3) is 2.63. The lowest BCUT2D eigenvalue weighted by Gasteiger charge is -2.11. The van der Waals surface area contributed by atoms with Crippen LogP contribution in [0.15, 0.2) is 12.1 Å². The van der Waals surface area contributed by atoms with E-state index in [4.69, 9.17) is 0 Å². The van der Waals surface area contributed by atoms with Crippen molar-refractivity contribution in [2.75, 3.05) is 7.11 Å². The number of hydrogen-bond acceptors (Lipinski definition) is 6. The van der Waals surface area contributed by atoms with Crippen LogP contribution in [0, 0.1) is 4.91 Å². The second-order valence-electron chi connectivity index (χ2n) is 4.29. The lowest BCUT2D eigenvalue weighted by molar-refractivity contribution is -0.736. The minimum absolute atomic E-state index is 0.0145. The van der Waals surface area contributed by atoms with Crippen LogP contribution < -0.4 is 4.18 Å². The SMILES string of the molecule is CO[N+](=O)c1ccc2c(c1OS(=O)(=O)C(F)(F)F)CCC2=O. The molecule has 0 N–H and O–H groups in total. The fraction of sp³-hybridized carbons (Fsp3) is 0.364. The lowest BCUT2D eigenvalue weighted by atomic mass is 10.1. The van der Waals surface area contributed by atoms with E-state index >= 15 is 0 Å². The van der Waals surface area contributed by atoms with E-state index in [0.717, 1.165) is 13.2 Å². The molecule has 0 saturated carbocycles. The molecule has 7 nitrogen and oxygen atoms in total. The molecule has 0 spiro atoms. The summed E-state index contributed by atoms with van der Waals surface area (Å²) in [5, 5.41) is 0. The van der Waals surface area contributed by atoms with Crippen LogP contribution in [0.25, 0.3) is 0 Å². The first-order chi connectivity index (χ1) is 10.1. The molecule has 1 aromatic carbocycles. The van der Waals surface area contributed by atoms with E-state index < -0.39 is 27.1 Å². The third-order valence-electron chi connectivity index (χ3n) is 2.98. The molecule has 0 amide bonds. The largest absolute Gasteiger partial charge is 0.534 e. The second kappa shape index (κ2) is 5.23. The first kappa shape index (κ1) is 16.2. The maximum atomic E-state index is 12.5. The van der Waals surface area contributed by atoms with E-state index in [-0.39, 0.29) is 34.7 Å². The maximum absolute atomic E-state index is 12.5. The van der Waals surface area contributed by atoms with Gasteiger partial charge in [-0.25, -0.2) is 4.84 Å². The van der Waals surface area contributed by atoms with Crippen LogP contribution in [0.4, 0.5) is 18.9 Å². The summed E-state index contributed by atoms with van der Waals surface area (Å²) in [6.07, 6.45) is -0.0602.